The van der Waals surface area contributed by atoms with E-state index in [1.165, 1.54) is 5.56 Å². The molecule has 0 radical (unpaired) electrons. The Bertz CT molecular complexity index is 946. The van der Waals surface area contributed by atoms with Crippen LogP contribution in [-0.4, -0.2) is 44.5 Å². The zero-order chi connectivity index (χ0) is 22.4. The highest BCUT2D eigenvalue weighted by molar-refractivity contribution is 5.64. The number of aromatic nitrogens is 1. The van der Waals surface area contributed by atoms with Crippen molar-refractivity contribution in [2.75, 3.05) is 24.5 Å². The highest BCUT2D eigenvalue weighted by Gasteiger charge is 2.30. The summed E-state index contributed by atoms with van der Waals surface area (Å²) in [6.45, 7) is 8.30. The molecule has 0 saturated carbocycles. The molecule has 1 aliphatic heterocycles. The molecule has 30 heavy (non-hydrogen) atoms. The Morgan fingerprint density at radius 3 is 2.20 bits per heavy atom. The molecule has 3 rings (SSSR count). The molecule has 0 bridgehead atoms. The third-order valence-corrected chi connectivity index (χ3v) is 4.31. The summed E-state index contributed by atoms with van der Waals surface area (Å²) >= 11 is 0. The molecule has 1 aromatic carbocycles. The van der Waals surface area contributed by atoms with Crippen LogP contribution in [0.3, 0.4) is 0 Å². The zero-order valence-corrected chi connectivity index (χ0v) is 16.3. The number of likely N-dealkylation sites (N-methyl/N-ethyl adjacent to an activating group) is 1. The van der Waals surface area contributed by atoms with Gasteiger partial charge in [-0.05, 0) is 19.9 Å². The van der Waals surface area contributed by atoms with Crippen LogP contribution in [0.15, 0.2) is 24.3 Å². The maximum atomic E-state index is 10.4. The van der Waals surface area contributed by atoms with E-state index in [0.717, 1.165) is 37.7 Å². The number of aromatic hydroxyl groups is 1. The third kappa shape index (κ3) is 5.14. The van der Waals surface area contributed by atoms with Crippen molar-refractivity contribution in [3.8, 4) is 5.75 Å². The van der Waals surface area contributed by atoms with Gasteiger partial charge in [0.15, 0.2) is 0 Å². The predicted molar refractivity (Wildman–Crippen MR) is 107 cm³/mol. The molecule has 0 aliphatic carbocycles. The quantitative estimate of drug-likeness (QED) is 0.551. The van der Waals surface area contributed by atoms with Crippen LogP contribution >= 0.6 is 0 Å². The summed E-state index contributed by atoms with van der Waals surface area (Å²) in [5, 5.41) is 43.6. The number of fused-ring (bicyclic) bond motifs is 1. The van der Waals surface area contributed by atoms with Crippen LogP contribution in [-0.2, 0) is 6.54 Å². The van der Waals surface area contributed by atoms with Gasteiger partial charge in [0, 0.05) is 37.4 Å². The number of benzene rings is 1. The van der Waals surface area contributed by atoms with E-state index in [0.29, 0.717) is 12.1 Å². The monoisotopic (exact) mass is 420 g/mol. The molecule has 2 aromatic rings. The van der Waals surface area contributed by atoms with Crippen molar-refractivity contribution < 1.29 is 19.9 Å². The molecule has 0 saturated heterocycles. The average Bonchev–Trinajstić information content (AvgIpc) is 2.89. The van der Waals surface area contributed by atoms with Crippen molar-refractivity contribution >= 4 is 22.9 Å². The lowest BCUT2D eigenvalue weighted by Gasteiger charge is -2.21. The summed E-state index contributed by atoms with van der Waals surface area (Å²) < 4.78 is 0. The fraction of sp³-hybridized carbons (Fsp3) is 0.353. The van der Waals surface area contributed by atoms with Crippen molar-refractivity contribution in [1.82, 2.24) is 10.3 Å². The zero-order valence-electron chi connectivity index (χ0n) is 16.3. The van der Waals surface area contributed by atoms with Crippen molar-refractivity contribution in [2.45, 2.75) is 20.4 Å². The number of rotatable bonds is 4. The van der Waals surface area contributed by atoms with Gasteiger partial charge in [0.05, 0.1) is 26.9 Å². The molecule has 1 aromatic heterocycles. The fourth-order valence-corrected chi connectivity index (χ4v) is 2.81. The number of non-ortho nitro benzene ring substituents is 1. The molecule has 0 amide bonds. The minimum absolute atomic E-state index is 0.447. The van der Waals surface area contributed by atoms with Crippen LogP contribution < -0.4 is 10.2 Å². The number of nitrogens with zero attached hydrogens (tertiary/aromatic N) is 5. The summed E-state index contributed by atoms with van der Waals surface area (Å²) in [5.41, 5.74) is -0.586. The minimum atomic E-state index is -1.21. The first-order valence-electron chi connectivity index (χ1n) is 8.88. The van der Waals surface area contributed by atoms with Crippen molar-refractivity contribution in [3.63, 3.8) is 0 Å². The van der Waals surface area contributed by atoms with Crippen LogP contribution in [0.4, 0.5) is 22.9 Å². The van der Waals surface area contributed by atoms with E-state index in [1.54, 1.807) is 0 Å². The lowest BCUT2D eigenvalue weighted by molar-refractivity contribution is -0.404. The maximum Gasteiger partial charge on any atom is 0.324 e. The Balaban J connectivity index is 0.000000215. The second-order valence-electron chi connectivity index (χ2n) is 6.30. The van der Waals surface area contributed by atoms with Gasteiger partial charge in [-0.1, -0.05) is 6.07 Å². The second kappa shape index (κ2) is 9.56. The lowest BCUT2D eigenvalue weighted by Crippen LogP contribution is -2.29. The first kappa shape index (κ1) is 22.4. The summed E-state index contributed by atoms with van der Waals surface area (Å²) in [7, 11) is 0. The first-order valence-corrected chi connectivity index (χ1v) is 8.88. The Hall–Kier alpha value is -3.87. The lowest BCUT2D eigenvalue weighted by atomic mass is 10.2. The molecule has 0 atom stereocenters. The van der Waals surface area contributed by atoms with E-state index in [9.17, 15) is 30.3 Å². The van der Waals surface area contributed by atoms with Gasteiger partial charge in [0.25, 0.3) is 11.4 Å². The molecule has 13 nitrogen and oxygen atoms in total. The van der Waals surface area contributed by atoms with Crippen LogP contribution in [0, 0.1) is 37.3 Å². The summed E-state index contributed by atoms with van der Waals surface area (Å²) in [6, 6.07) is 5.16. The van der Waals surface area contributed by atoms with Crippen LogP contribution in [0.2, 0.25) is 0 Å². The van der Waals surface area contributed by atoms with Crippen LogP contribution in [0.5, 0.6) is 5.75 Å². The molecule has 160 valence electrons. The van der Waals surface area contributed by atoms with Gasteiger partial charge in [0.1, 0.15) is 5.82 Å². The number of nitro groups is 3. The number of phenolic OH excluding ortho intramolecular Hbond substituents is 1. The molecular weight excluding hydrogens is 400 g/mol. The van der Waals surface area contributed by atoms with Crippen molar-refractivity contribution in [3.05, 3.63) is 65.9 Å². The highest BCUT2D eigenvalue weighted by Crippen LogP contribution is 2.38. The van der Waals surface area contributed by atoms with Crippen LogP contribution in [0.25, 0.3) is 0 Å². The molecule has 13 heteroatoms. The highest BCUT2D eigenvalue weighted by atomic mass is 16.6. The number of aryl methyl sites for hydroxylation is 1. The Kier molecular flexibility index (Phi) is 7.14. The molecular formula is C17H20N6O7. The minimum Gasteiger partial charge on any atom is -0.497 e. The third-order valence-electron chi connectivity index (χ3n) is 4.31. The Morgan fingerprint density at radius 1 is 1.10 bits per heavy atom. The van der Waals surface area contributed by atoms with E-state index in [2.05, 4.69) is 34.3 Å². The number of nitrogens with one attached hydrogen (secondary N) is 1. The normalized spacial score (nSPS) is 12.8. The van der Waals surface area contributed by atoms with Gasteiger partial charge in [-0.15, -0.1) is 0 Å². The van der Waals surface area contributed by atoms with E-state index in [-0.39, 0.29) is 0 Å². The standard InChI is InChI=1S/C11H17N3.C6H3N3O7/c1-3-14-7-6-12-8-10-5-4-9(2)13-11(10)14;10-6-4(8(13)14)1-3(7(11)12)2-5(6)9(15)16/h4-5,12H,3,6-8H2,1-2H3;1-2,10H. The van der Waals surface area contributed by atoms with Crippen LogP contribution in [0.1, 0.15) is 18.2 Å². The Morgan fingerprint density at radius 2 is 1.70 bits per heavy atom. The summed E-state index contributed by atoms with van der Waals surface area (Å²) in [4.78, 5) is 34.7. The number of nitro benzene ring substituents is 3. The smallest absolute Gasteiger partial charge is 0.324 e. The second-order valence-corrected chi connectivity index (χ2v) is 6.30. The Labute approximate surface area is 170 Å². The number of hydrogen-bond acceptors (Lipinski definition) is 10. The van der Waals surface area contributed by atoms with E-state index >= 15 is 0 Å². The topological polar surface area (TPSA) is 178 Å². The van der Waals surface area contributed by atoms with Crippen molar-refractivity contribution in [1.29, 1.82) is 0 Å². The van der Waals surface area contributed by atoms with Crippen molar-refractivity contribution in [2.24, 2.45) is 0 Å². The van der Waals surface area contributed by atoms with Gasteiger partial charge in [0.2, 0.25) is 0 Å². The number of hydrogen-bond donors (Lipinski definition) is 2. The number of anilines is 1. The number of phenols is 1. The first-order chi connectivity index (χ1) is 14.1. The number of pyridine rings is 1. The molecule has 0 fully saturated rings. The predicted octanol–water partition coefficient (Wildman–Crippen LogP) is 2.44. The fourth-order valence-electron chi connectivity index (χ4n) is 2.81. The van der Waals surface area contributed by atoms with E-state index < -0.39 is 37.6 Å². The van der Waals surface area contributed by atoms with Gasteiger partial charge >= 0.3 is 11.4 Å². The summed E-state index contributed by atoms with van der Waals surface area (Å²) in [5.74, 6) is -0.0434. The molecule has 0 unspecified atom stereocenters. The van der Waals surface area contributed by atoms with Gasteiger partial charge in [-0.2, -0.15) is 0 Å². The average molecular weight is 420 g/mol. The summed E-state index contributed by atoms with van der Waals surface area (Å²) in [6.07, 6.45) is 0. The largest absolute Gasteiger partial charge is 0.497 e. The molecule has 2 heterocycles. The molecule has 0 spiro atoms. The molecule has 1 aliphatic rings. The maximum absolute atomic E-state index is 10.4. The van der Waals surface area contributed by atoms with Gasteiger partial charge < -0.3 is 15.3 Å². The van der Waals surface area contributed by atoms with Gasteiger partial charge in [-0.25, -0.2) is 4.98 Å². The van der Waals surface area contributed by atoms with E-state index in [1.807, 2.05) is 6.92 Å². The molecule has 2 N–H and O–H groups in total. The SMILES string of the molecule is CCN1CCNCc2ccc(C)nc21.O=[N+]([O-])c1cc([N+](=O)[O-])c(O)c([N+](=O)[O-])c1. The van der Waals surface area contributed by atoms with E-state index in [4.69, 9.17) is 5.11 Å². The van der Waals surface area contributed by atoms with Gasteiger partial charge in [-0.3, -0.25) is 30.3 Å².